The van der Waals surface area contributed by atoms with Crippen molar-refractivity contribution in [1.82, 2.24) is 20.0 Å². The van der Waals surface area contributed by atoms with Crippen molar-refractivity contribution in [2.45, 2.75) is 45.9 Å². The Morgan fingerprint density at radius 1 is 1.37 bits per heavy atom. The summed E-state index contributed by atoms with van der Waals surface area (Å²) in [5.41, 5.74) is 4.56. The lowest BCUT2D eigenvalue weighted by atomic mass is 10.1. The highest BCUT2D eigenvalue weighted by molar-refractivity contribution is 5.75. The van der Waals surface area contributed by atoms with Crippen molar-refractivity contribution in [2.24, 2.45) is 0 Å². The van der Waals surface area contributed by atoms with E-state index in [4.69, 9.17) is 4.74 Å². The second kappa shape index (κ2) is 8.86. The van der Waals surface area contributed by atoms with E-state index in [1.807, 2.05) is 19.1 Å². The zero-order chi connectivity index (χ0) is 19.2. The van der Waals surface area contributed by atoms with E-state index in [9.17, 15) is 4.79 Å². The van der Waals surface area contributed by atoms with Crippen LogP contribution in [0.15, 0.2) is 36.9 Å². The number of hydrogen-bond donors (Lipinski definition) is 1. The van der Waals surface area contributed by atoms with Gasteiger partial charge in [0, 0.05) is 26.1 Å². The average Bonchev–Trinajstić information content (AvgIpc) is 3.09. The van der Waals surface area contributed by atoms with Crippen LogP contribution in [0.25, 0.3) is 0 Å². The maximum atomic E-state index is 11.4. The molecule has 1 aliphatic heterocycles. The third kappa shape index (κ3) is 4.77. The van der Waals surface area contributed by atoms with Crippen LogP contribution in [-0.2, 0) is 37.4 Å². The SMILES string of the molecule is C=CCc1cc(CN2CCn3nc(CNC(=O)CC)cc3C2)ccc1OC. The van der Waals surface area contributed by atoms with Crippen LogP contribution < -0.4 is 10.1 Å². The van der Waals surface area contributed by atoms with Crippen molar-refractivity contribution in [3.8, 4) is 5.75 Å². The van der Waals surface area contributed by atoms with Crippen molar-refractivity contribution in [2.75, 3.05) is 13.7 Å². The minimum absolute atomic E-state index is 0.0532. The first kappa shape index (κ1) is 19.2. The number of nitrogens with zero attached hydrogens (tertiary/aromatic N) is 3. The maximum absolute atomic E-state index is 11.4. The Morgan fingerprint density at radius 2 is 2.22 bits per heavy atom. The molecule has 1 N–H and O–H groups in total. The van der Waals surface area contributed by atoms with Crippen LogP contribution >= 0.6 is 0 Å². The van der Waals surface area contributed by atoms with Crippen LogP contribution in [0, 0.1) is 0 Å². The first-order valence-corrected chi connectivity index (χ1v) is 9.44. The molecule has 0 radical (unpaired) electrons. The number of carbonyl (C=O) groups is 1. The minimum atomic E-state index is 0.0532. The van der Waals surface area contributed by atoms with Gasteiger partial charge in [0.25, 0.3) is 0 Å². The smallest absolute Gasteiger partial charge is 0.220 e. The van der Waals surface area contributed by atoms with Gasteiger partial charge in [0.15, 0.2) is 0 Å². The number of nitrogens with one attached hydrogen (secondary N) is 1. The summed E-state index contributed by atoms with van der Waals surface area (Å²) in [4.78, 5) is 13.9. The van der Waals surface area contributed by atoms with Gasteiger partial charge in [-0.2, -0.15) is 5.10 Å². The number of aromatic nitrogens is 2. The largest absolute Gasteiger partial charge is 0.496 e. The monoisotopic (exact) mass is 368 g/mol. The Morgan fingerprint density at radius 3 is 2.96 bits per heavy atom. The molecule has 0 spiro atoms. The summed E-state index contributed by atoms with van der Waals surface area (Å²) in [5, 5.41) is 7.50. The minimum Gasteiger partial charge on any atom is -0.496 e. The molecule has 144 valence electrons. The molecule has 1 aliphatic rings. The van der Waals surface area contributed by atoms with E-state index in [2.05, 4.69) is 44.8 Å². The van der Waals surface area contributed by atoms with E-state index < -0.39 is 0 Å². The number of fused-ring (bicyclic) bond motifs is 1. The van der Waals surface area contributed by atoms with Gasteiger partial charge in [0.2, 0.25) is 5.91 Å². The number of rotatable bonds is 8. The van der Waals surface area contributed by atoms with Gasteiger partial charge in [-0.25, -0.2) is 0 Å². The van der Waals surface area contributed by atoms with Gasteiger partial charge in [-0.15, -0.1) is 6.58 Å². The molecule has 6 heteroatoms. The standard InChI is InChI=1S/C21H28N4O2/c1-4-6-17-11-16(7-8-20(17)27-3)14-24-9-10-25-19(15-24)12-18(23-25)13-22-21(26)5-2/h4,7-8,11-12H,1,5-6,9-10,13-15H2,2-3H3,(H,22,26). The molecule has 27 heavy (non-hydrogen) atoms. The fraction of sp³-hybridized carbons (Fsp3) is 0.429. The summed E-state index contributed by atoms with van der Waals surface area (Å²) in [6.45, 7) is 9.76. The number of benzene rings is 1. The Hall–Kier alpha value is -2.60. The predicted octanol–water partition coefficient (Wildman–Crippen LogP) is 2.66. The van der Waals surface area contributed by atoms with Crippen LogP contribution in [0.2, 0.25) is 0 Å². The van der Waals surface area contributed by atoms with Gasteiger partial charge in [0.05, 0.1) is 31.6 Å². The molecule has 0 aliphatic carbocycles. The highest BCUT2D eigenvalue weighted by Crippen LogP contribution is 2.23. The van der Waals surface area contributed by atoms with Crippen LogP contribution in [0.1, 0.15) is 35.9 Å². The van der Waals surface area contributed by atoms with E-state index in [1.54, 1.807) is 7.11 Å². The lowest BCUT2D eigenvalue weighted by Gasteiger charge is -2.27. The molecule has 0 fully saturated rings. The molecule has 1 amide bonds. The van der Waals surface area contributed by atoms with Crippen molar-refractivity contribution in [3.05, 3.63) is 59.4 Å². The summed E-state index contributed by atoms with van der Waals surface area (Å²) in [6, 6.07) is 8.47. The topological polar surface area (TPSA) is 59.4 Å². The van der Waals surface area contributed by atoms with E-state index in [-0.39, 0.29) is 5.91 Å². The highest BCUT2D eigenvalue weighted by atomic mass is 16.5. The molecule has 1 aromatic heterocycles. The Kier molecular flexibility index (Phi) is 6.29. The lowest BCUT2D eigenvalue weighted by Crippen LogP contribution is -2.33. The quantitative estimate of drug-likeness (QED) is 0.728. The molecular formula is C21H28N4O2. The van der Waals surface area contributed by atoms with Crippen LogP contribution in [0.3, 0.4) is 0 Å². The molecule has 0 saturated heterocycles. The highest BCUT2D eigenvalue weighted by Gasteiger charge is 2.19. The fourth-order valence-corrected chi connectivity index (χ4v) is 3.42. The van der Waals surface area contributed by atoms with Crippen molar-refractivity contribution in [1.29, 1.82) is 0 Å². The van der Waals surface area contributed by atoms with E-state index >= 15 is 0 Å². The summed E-state index contributed by atoms with van der Waals surface area (Å²) in [6.07, 6.45) is 3.20. The summed E-state index contributed by atoms with van der Waals surface area (Å²) >= 11 is 0. The van der Waals surface area contributed by atoms with Crippen molar-refractivity contribution >= 4 is 5.91 Å². The Labute approximate surface area is 160 Å². The fourth-order valence-electron chi connectivity index (χ4n) is 3.42. The molecule has 0 bridgehead atoms. The molecule has 0 saturated carbocycles. The number of ether oxygens (including phenoxy) is 1. The number of allylic oxidation sites excluding steroid dienone is 1. The number of hydrogen-bond acceptors (Lipinski definition) is 4. The zero-order valence-corrected chi connectivity index (χ0v) is 16.2. The second-order valence-corrected chi connectivity index (χ2v) is 6.83. The van der Waals surface area contributed by atoms with Crippen LogP contribution in [0.4, 0.5) is 0 Å². The number of carbonyl (C=O) groups excluding carboxylic acids is 1. The Bertz CT molecular complexity index is 813. The van der Waals surface area contributed by atoms with Crippen LogP contribution in [0.5, 0.6) is 5.75 Å². The summed E-state index contributed by atoms with van der Waals surface area (Å²) < 4.78 is 7.49. The number of methoxy groups -OCH3 is 1. The molecule has 0 atom stereocenters. The van der Waals surface area contributed by atoms with Gasteiger partial charge in [-0.1, -0.05) is 25.1 Å². The maximum Gasteiger partial charge on any atom is 0.220 e. The summed E-state index contributed by atoms with van der Waals surface area (Å²) in [5.74, 6) is 0.964. The third-order valence-electron chi connectivity index (χ3n) is 4.83. The average molecular weight is 368 g/mol. The number of amides is 1. The molecule has 2 aromatic rings. The van der Waals surface area contributed by atoms with Crippen molar-refractivity contribution < 1.29 is 9.53 Å². The van der Waals surface area contributed by atoms with Gasteiger partial charge >= 0.3 is 0 Å². The molecule has 1 aromatic carbocycles. The molecule has 2 heterocycles. The molecular weight excluding hydrogens is 340 g/mol. The molecule has 3 rings (SSSR count). The van der Waals surface area contributed by atoms with Gasteiger partial charge < -0.3 is 10.1 Å². The summed E-state index contributed by atoms with van der Waals surface area (Å²) in [7, 11) is 1.70. The first-order chi connectivity index (χ1) is 13.1. The third-order valence-corrected chi connectivity index (χ3v) is 4.83. The van der Waals surface area contributed by atoms with Crippen LogP contribution in [-0.4, -0.2) is 34.2 Å². The molecule has 6 nitrogen and oxygen atoms in total. The van der Waals surface area contributed by atoms with Gasteiger partial charge in [-0.3, -0.25) is 14.4 Å². The Balaban J connectivity index is 1.64. The lowest BCUT2D eigenvalue weighted by molar-refractivity contribution is -0.120. The van der Waals surface area contributed by atoms with Crippen molar-refractivity contribution in [3.63, 3.8) is 0 Å². The predicted molar refractivity (Wildman–Crippen MR) is 105 cm³/mol. The van der Waals surface area contributed by atoms with E-state index in [0.29, 0.717) is 13.0 Å². The molecule has 0 unspecified atom stereocenters. The second-order valence-electron chi connectivity index (χ2n) is 6.83. The normalized spacial score (nSPS) is 13.9. The zero-order valence-electron chi connectivity index (χ0n) is 16.2. The first-order valence-electron chi connectivity index (χ1n) is 9.44. The van der Waals surface area contributed by atoms with Gasteiger partial charge in [0.1, 0.15) is 5.75 Å². The van der Waals surface area contributed by atoms with Gasteiger partial charge in [-0.05, 0) is 29.7 Å². The van der Waals surface area contributed by atoms with E-state index in [1.165, 1.54) is 16.8 Å². The van der Waals surface area contributed by atoms with E-state index in [0.717, 1.165) is 44.0 Å².